The summed E-state index contributed by atoms with van der Waals surface area (Å²) in [6, 6.07) is 53.0. The highest BCUT2D eigenvalue weighted by Crippen LogP contribution is 2.53. The highest BCUT2D eigenvalue weighted by atomic mass is 15.2. The number of benzene rings is 7. The highest BCUT2D eigenvalue weighted by Gasteiger charge is 2.27. The minimum absolute atomic E-state index is 1.16. The molecular weight excluding hydrogens is 484 g/mol. The average Bonchev–Trinajstić information content (AvgIpc) is 3.36. The Kier molecular flexibility index (Phi) is 4.36. The first-order valence-corrected chi connectivity index (χ1v) is 13.8. The minimum atomic E-state index is 1.16. The van der Waals surface area contributed by atoms with Gasteiger partial charge in [-0.1, -0.05) is 103 Å². The van der Waals surface area contributed by atoms with Crippen molar-refractivity contribution in [2.75, 3.05) is 4.90 Å². The van der Waals surface area contributed by atoms with E-state index < -0.39 is 0 Å². The second-order valence-corrected chi connectivity index (χ2v) is 10.6. The molecule has 0 atom stereocenters. The van der Waals surface area contributed by atoms with Crippen molar-refractivity contribution < 1.29 is 0 Å². The van der Waals surface area contributed by atoms with Crippen LogP contribution < -0.4 is 4.90 Å². The molecule has 0 saturated heterocycles. The van der Waals surface area contributed by atoms with E-state index in [0.29, 0.717) is 0 Å². The Bertz CT molecular complexity index is 2210. The number of hydrogen-bond acceptors (Lipinski definition) is 1. The number of aromatic nitrogens is 1. The predicted molar refractivity (Wildman–Crippen MR) is 169 cm³/mol. The molecule has 1 aliphatic rings. The molecule has 186 valence electrons. The lowest BCUT2D eigenvalue weighted by Gasteiger charge is -2.34. The van der Waals surface area contributed by atoms with Crippen LogP contribution in [0.1, 0.15) is 0 Å². The Morgan fingerprint density at radius 3 is 1.73 bits per heavy atom. The third-order valence-corrected chi connectivity index (χ3v) is 8.48. The monoisotopic (exact) mass is 508 g/mol. The Morgan fingerprint density at radius 2 is 0.975 bits per heavy atom. The molecule has 0 unspecified atom stereocenters. The van der Waals surface area contributed by atoms with Crippen LogP contribution in [0, 0.1) is 0 Å². The quantitative estimate of drug-likeness (QED) is 0.225. The van der Waals surface area contributed by atoms with Gasteiger partial charge in [0.25, 0.3) is 0 Å². The molecule has 0 radical (unpaired) electrons. The third-order valence-electron chi connectivity index (χ3n) is 8.48. The molecule has 9 rings (SSSR count). The van der Waals surface area contributed by atoms with Crippen LogP contribution in [0.4, 0.5) is 17.1 Å². The van der Waals surface area contributed by atoms with Crippen LogP contribution in [-0.4, -0.2) is 4.57 Å². The molecule has 0 saturated carbocycles. The number of fused-ring (bicyclic) bond motifs is 7. The van der Waals surface area contributed by atoms with Gasteiger partial charge in [0.1, 0.15) is 0 Å². The number of hydrogen-bond donors (Lipinski definition) is 0. The first-order valence-electron chi connectivity index (χ1n) is 13.8. The maximum absolute atomic E-state index is 2.46. The van der Waals surface area contributed by atoms with E-state index in [4.69, 9.17) is 0 Å². The van der Waals surface area contributed by atoms with E-state index in [1.54, 1.807) is 0 Å². The van der Waals surface area contributed by atoms with Gasteiger partial charge in [0.05, 0.1) is 22.4 Å². The van der Waals surface area contributed by atoms with E-state index in [-0.39, 0.29) is 0 Å². The lowest BCUT2D eigenvalue weighted by atomic mass is 9.88. The van der Waals surface area contributed by atoms with Crippen LogP contribution in [-0.2, 0) is 0 Å². The normalized spacial score (nSPS) is 12.4. The van der Waals surface area contributed by atoms with E-state index in [0.717, 1.165) is 11.4 Å². The summed E-state index contributed by atoms with van der Waals surface area (Å²) in [6.07, 6.45) is 0. The molecule has 2 heterocycles. The maximum atomic E-state index is 2.46. The van der Waals surface area contributed by atoms with Crippen LogP contribution in [0.3, 0.4) is 0 Å². The molecule has 2 heteroatoms. The molecule has 2 nitrogen and oxygen atoms in total. The topological polar surface area (TPSA) is 8.17 Å². The number of para-hydroxylation sites is 2. The fourth-order valence-corrected chi connectivity index (χ4v) is 6.79. The molecule has 0 aliphatic carbocycles. The second-order valence-electron chi connectivity index (χ2n) is 10.6. The van der Waals surface area contributed by atoms with Gasteiger partial charge in [0.2, 0.25) is 0 Å². The van der Waals surface area contributed by atoms with Gasteiger partial charge in [-0.05, 0) is 58.8 Å². The largest absolute Gasteiger partial charge is 0.309 e. The molecule has 7 aromatic carbocycles. The van der Waals surface area contributed by atoms with Gasteiger partial charge < -0.3 is 9.47 Å². The van der Waals surface area contributed by atoms with E-state index in [1.807, 2.05) is 0 Å². The Balaban J connectivity index is 1.30. The van der Waals surface area contributed by atoms with Gasteiger partial charge in [-0.3, -0.25) is 0 Å². The Hall–Kier alpha value is -5.34. The number of rotatable bonds is 2. The fraction of sp³-hybridized carbons (Fsp3) is 0. The molecular formula is C38H24N2. The van der Waals surface area contributed by atoms with Gasteiger partial charge in [0.15, 0.2) is 0 Å². The minimum Gasteiger partial charge on any atom is -0.309 e. The molecule has 0 N–H and O–H groups in total. The van der Waals surface area contributed by atoms with Crippen molar-refractivity contribution in [3.8, 4) is 16.8 Å². The molecule has 0 spiro atoms. The second kappa shape index (κ2) is 8.08. The van der Waals surface area contributed by atoms with E-state index in [9.17, 15) is 0 Å². The van der Waals surface area contributed by atoms with Gasteiger partial charge in [-0.25, -0.2) is 0 Å². The van der Waals surface area contributed by atoms with Crippen molar-refractivity contribution in [1.29, 1.82) is 0 Å². The maximum Gasteiger partial charge on any atom is 0.0618 e. The van der Waals surface area contributed by atoms with Crippen LogP contribution in [0.25, 0.3) is 60.2 Å². The smallest absolute Gasteiger partial charge is 0.0618 e. The predicted octanol–water partition coefficient (Wildman–Crippen LogP) is 10.5. The summed E-state index contributed by atoms with van der Waals surface area (Å²) in [5.41, 5.74) is 9.81. The Labute approximate surface area is 232 Å². The lowest BCUT2D eigenvalue weighted by molar-refractivity contribution is 1.17. The van der Waals surface area contributed by atoms with Crippen molar-refractivity contribution in [3.05, 3.63) is 146 Å². The summed E-state index contributed by atoms with van der Waals surface area (Å²) >= 11 is 0. The van der Waals surface area contributed by atoms with E-state index >= 15 is 0 Å². The first kappa shape index (κ1) is 21.6. The van der Waals surface area contributed by atoms with Crippen molar-refractivity contribution >= 4 is 60.4 Å². The van der Waals surface area contributed by atoms with Crippen molar-refractivity contribution in [3.63, 3.8) is 0 Å². The third kappa shape index (κ3) is 2.88. The van der Waals surface area contributed by atoms with Crippen molar-refractivity contribution in [2.24, 2.45) is 0 Å². The summed E-state index contributed by atoms with van der Waals surface area (Å²) in [7, 11) is 0. The van der Waals surface area contributed by atoms with E-state index in [2.05, 4.69) is 155 Å². The molecule has 0 fully saturated rings. The summed E-state index contributed by atoms with van der Waals surface area (Å²) in [5.74, 6) is 0. The first-order chi connectivity index (χ1) is 19.9. The van der Waals surface area contributed by atoms with Crippen molar-refractivity contribution in [1.82, 2.24) is 4.57 Å². The van der Waals surface area contributed by atoms with Gasteiger partial charge in [-0.2, -0.15) is 0 Å². The number of nitrogens with zero attached hydrogens (tertiary/aromatic N) is 2. The average molecular weight is 509 g/mol. The van der Waals surface area contributed by atoms with Crippen LogP contribution >= 0.6 is 0 Å². The Morgan fingerprint density at radius 1 is 0.375 bits per heavy atom. The molecule has 1 aliphatic heterocycles. The summed E-state index contributed by atoms with van der Waals surface area (Å²) in [5, 5.41) is 7.64. The zero-order chi connectivity index (χ0) is 26.2. The molecule has 0 amide bonds. The summed E-state index contributed by atoms with van der Waals surface area (Å²) in [4.78, 5) is 2.46. The van der Waals surface area contributed by atoms with Crippen molar-refractivity contribution in [2.45, 2.75) is 0 Å². The highest BCUT2D eigenvalue weighted by molar-refractivity contribution is 6.18. The SMILES string of the molecule is c1ccc2c3c(ccc2c1)-c1cccc2cccc(c12)N3c1ccc(-n2c3ccccc3c3ccccc32)cc1. The molecule has 8 aromatic rings. The number of anilines is 3. The fourth-order valence-electron chi connectivity index (χ4n) is 6.79. The molecule has 1 aromatic heterocycles. The van der Waals surface area contributed by atoms with Gasteiger partial charge in [-0.15, -0.1) is 0 Å². The summed E-state index contributed by atoms with van der Waals surface area (Å²) < 4.78 is 2.38. The lowest BCUT2D eigenvalue weighted by Crippen LogP contribution is -2.15. The standard InChI is InChI=1S/C38H24N2/c1-2-12-29-25(9-1)19-24-33-32-15-7-10-26-11-8-18-36(37(26)32)40(38(29)33)28-22-20-27(21-23-28)39-34-16-5-3-13-30(34)31-14-4-6-17-35(31)39/h1-24H. The van der Waals surface area contributed by atoms with Crippen LogP contribution in [0.5, 0.6) is 0 Å². The zero-order valence-electron chi connectivity index (χ0n) is 21.8. The van der Waals surface area contributed by atoms with Gasteiger partial charge >= 0.3 is 0 Å². The zero-order valence-corrected chi connectivity index (χ0v) is 21.8. The van der Waals surface area contributed by atoms with Crippen LogP contribution in [0.2, 0.25) is 0 Å². The van der Waals surface area contributed by atoms with E-state index in [1.165, 1.54) is 65.9 Å². The molecule has 0 bridgehead atoms. The molecule has 40 heavy (non-hydrogen) atoms. The summed E-state index contributed by atoms with van der Waals surface area (Å²) in [6.45, 7) is 0. The van der Waals surface area contributed by atoms with Gasteiger partial charge in [0, 0.05) is 38.5 Å². The van der Waals surface area contributed by atoms with Crippen LogP contribution in [0.15, 0.2) is 146 Å².